The molecule has 19 heavy (non-hydrogen) atoms. The summed E-state index contributed by atoms with van der Waals surface area (Å²) in [7, 11) is 1.93. The van der Waals surface area contributed by atoms with E-state index < -0.39 is 0 Å². The van der Waals surface area contributed by atoms with Gasteiger partial charge < -0.3 is 0 Å². The maximum atomic E-state index is 5.68. The van der Waals surface area contributed by atoms with Crippen molar-refractivity contribution in [3.63, 3.8) is 0 Å². The number of nitrogens with zero attached hydrogens (tertiary/aromatic N) is 4. The average Bonchev–Trinajstić information content (AvgIpc) is 3.00. The van der Waals surface area contributed by atoms with Crippen LogP contribution in [0.4, 0.5) is 0 Å². The van der Waals surface area contributed by atoms with Gasteiger partial charge in [0.2, 0.25) is 0 Å². The van der Waals surface area contributed by atoms with Crippen molar-refractivity contribution in [3.8, 4) is 0 Å². The van der Waals surface area contributed by atoms with Crippen molar-refractivity contribution in [2.45, 2.75) is 19.4 Å². The summed E-state index contributed by atoms with van der Waals surface area (Å²) in [5, 5.41) is 6.37. The zero-order chi connectivity index (χ0) is 13.4. The zero-order valence-corrected chi connectivity index (χ0v) is 11.7. The molecule has 3 heterocycles. The fraction of sp³-hybridized carbons (Fsp3) is 0.333. The van der Waals surface area contributed by atoms with E-state index in [2.05, 4.69) is 15.5 Å². The molecule has 0 amide bonds. The van der Waals surface area contributed by atoms with Gasteiger partial charge in [-0.25, -0.2) is 4.98 Å². The van der Waals surface area contributed by atoms with Gasteiger partial charge in [0.1, 0.15) is 0 Å². The normalized spacial score (nSPS) is 13.2. The van der Waals surface area contributed by atoms with Gasteiger partial charge in [0.15, 0.2) is 4.96 Å². The van der Waals surface area contributed by atoms with Crippen molar-refractivity contribution in [3.05, 3.63) is 40.9 Å². The molecule has 0 aliphatic carbocycles. The number of rotatable bonds is 4. The molecule has 7 heteroatoms. The second-order valence-electron chi connectivity index (χ2n) is 4.58. The minimum absolute atomic E-state index is 0.0100. The number of nitrogens with two attached hydrogens (primary N) is 1. The van der Waals surface area contributed by atoms with E-state index in [1.165, 1.54) is 0 Å². The lowest BCUT2D eigenvalue weighted by molar-refractivity contribution is 0.504. The van der Waals surface area contributed by atoms with Gasteiger partial charge in [-0.1, -0.05) is 0 Å². The lowest BCUT2D eigenvalue weighted by atomic mass is 10.1. The third kappa shape index (κ3) is 2.27. The largest absolute Gasteiger partial charge is 0.297 e. The van der Waals surface area contributed by atoms with E-state index in [1.54, 1.807) is 11.3 Å². The molecule has 6 nitrogen and oxygen atoms in total. The Balaban J connectivity index is 1.87. The molecule has 3 rings (SSSR count). The number of imidazole rings is 1. The van der Waals surface area contributed by atoms with E-state index >= 15 is 0 Å². The first-order chi connectivity index (χ1) is 9.17. The fourth-order valence-corrected chi connectivity index (χ4v) is 3.01. The highest BCUT2D eigenvalue weighted by atomic mass is 32.1. The van der Waals surface area contributed by atoms with Crippen LogP contribution in [0.3, 0.4) is 0 Å². The number of aryl methyl sites for hydroxylation is 2. The van der Waals surface area contributed by atoms with Gasteiger partial charge >= 0.3 is 0 Å². The molecule has 0 saturated carbocycles. The van der Waals surface area contributed by atoms with Gasteiger partial charge in [0.05, 0.1) is 23.1 Å². The van der Waals surface area contributed by atoms with Gasteiger partial charge in [0.25, 0.3) is 0 Å². The first-order valence-electron chi connectivity index (χ1n) is 6.05. The van der Waals surface area contributed by atoms with Crippen LogP contribution in [0.25, 0.3) is 4.96 Å². The Morgan fingerprint density at radius 3 is 3.00 bits per heavy atom. The Bertz CT molecular complexity index is 666. The van der Waals surface area contributed by atoms with Gasteiger partial charge in [-0.05, 0) is 13.0 Å². The number of fused-ring (bicyclic) bond motifs is 1. The number of hydrogen-bond acceptors (Lipinski definition) is 5. The number of hydrazine groups is 1. The van der Waals surface area contributed by atoms with Crippen LogP contribution in [0.15, 0.2) is 23.8 Å². The molecule has 0 aliphatic rings. The highest BCUT2D eigenvalue weighted by Gasteiger charge is 2.17. The third-order valence-electron chi connectivity index (χ3n) is 3.15. The molecule has 0 fully saturated rings. The second kappa shape index (κ2) is 4.76. The molecule has 100 valence electrons. The molecular weight excluding hydrogens is 260 g/mol. The number of thiazole rings is 1. The molecule has 0 spiro atoms. The molecule has 0 aromatic carbocycles. The van der Waals surface area contributed by atoms with Crippen LogP contribution in [-0.4, -0.2) is 19.2 Å². The van der Waals surface area contributed by atoms with Crippen molar-refractivity contribution in [2.24, 2.45) is 12.9 Å². The second-order valence-corrected chi connectivity index (χ2v) is 5.46. The number of hydrogen-bond donors (Lipinski definition) is 2. The van der Waals surface area contributed by atoms with Crippen LogP contribution in [0.5, 0.6) is 0 Å². The molecule has 0 saturated heterocycles. The van der Waals surface area contributed by atoms with Crippen LogP contribution in [-0.2, 0) is 13.5 Å². The quantitative estimate of drug-likeness (QED) is 0.554. The molecule has 0 aliphatic heterocycles. The summed E-state index contributed by atoms with van der Waals surface area (Å²) in [5.41, 5.74) is 5.93. The van der Waals surface area contributed by atoms with Gasteiger partial charge in [-0.3, -0.25) is 20.4 Å². The van der Waals surface area contributed by atoms with E-state index in [0.717, 1.165) is 28.5 Å². The number of nitrogens with one attached hydrogen (secondary N) is 1. The predicted octanol–water partition coefficient (Wildman–Crippen LogP) is 1.18. The minimum atomic E-state index is 0.0100. The molecule has 1 unspecified atom stereocenters. The topological polar surface area (TPSA) is 73.2 Å². The molecular formula is C12H16N6S. The monoisotopic (exact) mass is 276 g/mol. The van der Waals surface area contributed by atoms with Gasteiger partial charge in [-0.2, -0.15) is 5.10 Å². The predicted molar refractivity (Wildman–Crippen MR) is 74.8 cm³/mol. The third-order valence-corrected chi connectivity index (χ3v) is 3.92. The Morgan fingerprint density at radius 1 is 1.53 bits per heavy atom. The van der Waals surface area contributed by atoms with Crippen LogP contribution < -0.4 is 11.3 Å². The maximum absolute atomic E-state index is 5.68. The van der Waals surface area contributed by atoms with Gasteiger partial charge in [-0.15, -0.1) is 11.3 Å². The average molecular weight is 276 g/mol. The van der Waals surface area contributed by atoms with Crippen molar-refractivity contribution in [1.82, 2.24) is 24.6 Å². The smallest absolute Gasteiger partial charge is 0.193 e. The lowest BCUT2D eigenvalue weighted by Gasteiger charge is -2.14. The molecule has 0 radical (unpaired) electrons. The molecule has 1 atom stereocenters. The molecule has 3 aromatic rings. The summed E-state index contributed by atoms with van der Waals surface area (Å²) in [6.45, 7) is 1.98. The Kier molecular flexibility index (Phi) is 3.09. The van der Waals surface area contributed by atoms with E-state index in [4.69, 9.17) is 5.84 Å². The summed E-state index contributed by atoms with van der Waals surface area (Å²) in [6, 6.07) is 2.05. The van der Waals surface area contributed by atoms with Crippen molar-refractivity contribution in [2.75, 3.05) is 0 Å². The van der Waals surface area contributed by atoms with Gasteiger partial charge in [0, 0.05) is 31.2 Å². The molecule has 3 aromatic heterocycles. The zero-order valence-electron chi connectivity index (χ0n) is 10.9. The summed E-state index contributed by atoms with van der Waals surface area (Å²) in [6.07, 6.45) is 4.79. The highest BCUT2D eigenvalue weighted by Crippen LogP contribution is 2.19. The SMILES string of the molecule is Cc1cc(C(Cc2cn3ccsc3n2)NN)n(C)n1. The Morgan fingerprint density at radius 2 is 2.37 bits per heavy atom. The van der Waals surface area contributed by atoms with E-state index in [1.807, 2.05) is 46.9 Å². The van der Waals surface area contributed by atoms with Crippen LogP contribution in [0.2, 0.25) is 0 Å². The first-order valence-corrected chi connectivity index (χ1v) is 6.93. The number of aromatic nitrogens is 4. The standard InChI is InChI=1S/C12H16N6S/c1-8-5-11(17(2)16-8)10(15-13)6-9-7-18-3-4-19-12(18)14-9/h3-5,7,10,15H,6,13H2,1-2H3. The summed E-state index contributed by atoms with van der Waals surface area (Å²) >= 11 is 1.63. The Hall–Kier alpha value is -1.70. The lowest BCUT2D eigenvalue weighted by Crippen LogP contribution is -2.31. The van der Waals surface area contributed by atoms with Crippen LogP contribution in [0, 0.1) is 6.92 Å². The van der Waals surface area contributed by atoms with Crippen molar-refractivity contribution in [1.29, 1.82) is 0 Å². The van der Waals surface area contributed by atoms with Crippen LogP contribution >= 0.6 is 11.3 Å². The van der Waals surface area contributed by atoms with Crippen molar-refractivity contribution < 1.29 is 0 Å². The van der Waals surface area contributed by atoms with Crippen molar-refractivity contribution >= 4 is 16.3 Å². The first kappa shape index (κ1) is 12.3. The maximum Gasteiger partial charge on any atom is 0.193 e. The molecule has 3 N–H and O–H groups in total. The molecule has 0 bridgehead atoms. The fourth-order valence-electron chi connectivity index (χ4n) is 2.29. The highest BCUT2D eigenvalue weighted by molar-refractivity contribution is 7.15. The van der Waals surface area contributed by atoms with E-state index in [9.17, 15) is 0 Å². The summed E-state index contributed by atoms with van der Waals surface area (Å²) < 4.78 is 3.89. The minimum Gasteiger partial charge on any atom is -0.297 e. The van der Waals surface area contributed by atoms with E-state index in [-0.39, 0.29) is 6.04 Å². The summed E-state index contributed by atoms with van der Waals surface area (Å²) in [5.74, 6) is 5.68. The van der Waals surface area contributed by atoms with Crippen LogP contribution in [0.1, 0.15) is 23.1 Å². The van der Waals surface area contributed by atoms with E-state index in [0.29, 0.717) is 0 Å². The Labute approximate surface area is 114 Å². The summed E-state index contributed by atoms with van der Waals surface area (Å²) in [4.78, 5) is 5.59.